The highest BCUT2D eigenvalue weighted by Crippen LogP contribution is 1.96. The molecule has 0 aromatic carbocycles. The number of H-pyrrole nitrogens is 1. The highest BCUT2D eigenvalue weighted by molar-refractivity contribution is 5.93. The van der Waals surface area contributed by atoms with Gasteiger partial charge in [-0.25, -0.2) is 4.98 Å². The first-order valence-electron chi connectivity index (χ1n) is 5.60. The van der Waals surface area contributed by atoms with Crippen molar-refractivity contribution < 1.29 is 4.79 Å². The molecule has 2 aromatic heterocycles. The highest BCUT2D eigenvalue weighted by Gasteiger charge is 2.06. The Morgan fingerprint density at radius 1 is 1.56 bits per heavy atom. The van der Waals surface area contributed by atoms with Crippen LogP contribution in [0.2, 0.25) is 0 Å². The van der Waals surface area contributed by atoms with E-state index in [0.717, 1.165) is 5.82 Å². The molecule has 0 saturated carbocycles. The van der Waals surface area contributed by atoms with Crippen LogP contribution in [0.3, 0.4) is 0 Å². The van der Waals surface area contributed by atoms with Crippen molar-refractivity contribution in [3.8, 4) is 0 Å². The Labute approximate surface area is 104 Å². The number of nitrogens with one attached hydrogen (secondary N) is 2. The standard InChI is InChI=1S/C12H14N4O2/c1-16-7-6-13-10(16)3-5-15-12(18)9-2-4-14-11(17)8-9/h2,4,6-8H,3,5H2,1H3,(H,14,17)(H,15,18). The first-order valence-corrected chi connectivity index (χ1v) is 5.60. The average molecular weight is 246 g/mol. The molecule has 2 heterocycles. The van der Waals surface area contributed by atoms with E-state index in [4.69, 9.17) is 0 Å². The van der Waals surface area contributed by atoms with E-state index in [1.54, 1.807) is 12.3 Å². The number of aromatic amines is 1. The number of rotatable bonds is 4. The van der Waals surface area contributed by atoms with Crippen molar-refractivity contribution >= 4 is 5.91 Å². The number of carbonyl (C=O) groups excluding carboxylic acids is 1. The van der Waals surface area contributed by atoms with Crippen molar-refractivity contribution in [3.05, 3.63) is 52.5 Å². The van der Waals surface area contributed by atoms with Crippen LogP contribution in [0.15, 0.2) is 35.5 Å². The summed E-state index contributed by atoms with van der Waals surface area (Å²) in [6.07, 6.45) is 5.68. The Kier molecular flexibility index (Phi) is 3.57. The van der Waals surface area contributed by atoms with Gasteiger partial charge in [-0.1, -0.05) is 0 Å². The van der Waals surface area contributed by atoms with Gasteiger partial charge in [-0.05, 0) is 6.07 Å². The van der Waals surface area contributed by atoms with Crippen LogP contribution in [0.5, 0.6) is 0 Å². The fourth-order valence-electron chi connectivity index (χ4n) is 1.61. The van der Waals surface area contributed by atoms with Gasteiger partial charge >= 0.3 is 0 Å². The van der Waals surface area contributed by atoms with E-state index in [2.05, 4.69) is 15.3 Å². The predicted octanol–water partition coefficient (Wildman–Crippen LogP) is 0.0809. The third-order valence-electron chi connectivity index (χ3n) is 2.59. The second kappa shape index (κ2) is 5.31. The summed E-state index contributed by atoms with van der Waals surface area (Å²) in [5.74, 6) is 0.650. The molecule has 94 valence electrons. The van der Waals surface area contributed by atoms with Crippen LogP contribution in [0, 0.1) is 0 Å². The SMILES string of the molecule is Cn1ccnc1CCNC(=O)c1cc[nH]c(=O)c1. The molecular formula is C12H14N4O2. The number of carbonyl (C=O) groups is 1. The van der Waals surface area contributed by atoms with E-state index >= 15 is 0 Å². The summed E-state index contributed by atoms with van der Waals surface area (Å²) in [7, 11) is 1.90. The molecule has 1 amide bonds. The molecule has 0 unspecified atom stereocenters. The summed E-state index contributed by atoms with van der Waals surface area (Å²) in [5, 5.41) is 2.75. The van der Waals surface area contributed by atoms with E-state index in [1.807, 2.05) is 17.8 Å². The van der Waals surface area contributed by atoms with E-state index in [1.165, 1.54) is 12.3 Å². The molecule has 2 N–H and O–H groups in total. The van der Waals surface area contributed by atoms with Crippen LogP contribution in [-0.2, 0) is 13.5 Å². The normalized spacial score (nSPS) is 10.3. The van der Waals surface area contributed by atoms with Crippen molar-refractivity contribution in [1.29, 1.82) is 0 Å². The maximum absolute atomic E-state index is 11.7. The lowest BCUT2D eigenvalue weighted by Gasteiger charge is -2.05. The number of imidazole rings is 1. The van der Waals surface area contributed by atoms with Gasteiger partial charge in [-0.2, -0.15) is 0 Å². The molecule has 6 heteroatoms. The van der Waals surface area contributed by atoms with Gasteiger partial charge in [-0.3, -0.25) is 9.59 Å². The van der Waals surface area contributed by atoms with Gasteiger partial charge in [0.05, 0.1) is 0 Å². The number of aromatic nitrogens is 3. The molecule has 0 atom stereocenters. The van der Waals surface area contributed by atoms with Gasteiger partial charge in [0.2, 0.25) is 5.56 Å². The zero-order valence-electron chi connectivity index (χ0n) is 10.0. The zero-order valence-corrected chi connectivity index (χ0v) is 10.0. The van der Waals surface area contributed by atoms with E-state index in [0.29, 0.717) is 18.5 Å². The van der Waals surface area contributed by atoms with Gasteiger partial charge in [-0.15, -0.1) is 0 Å². The Morgan fingerprint density at radius 2 is 2.39 bits per heavy atom. The lowest BCUT2D eigenvalue weighted by Crippen LogP contribution is -2.27. The number of hydrogen-bond acceptors (Lipinski definition) is 3. The van der Waals surface area contributed by atoms with Crippen molar-refractivity contribution in [2.75, 3.05) is 6.54 Å². The van der Waals surface area contributed by atoms with Crippen molar-refractivity contribution in [1.82, 2.24) is 19.9 Å². The predicted molar refractivity (Wildman–Crippen MR) is 66.3 cm³/mol. The molecule has 0 fully saturated rings. The minimum absolute atomic E-state index is 0.254. The summed E-state index contributed by atoms with van der Waals surface area (Å²) in [4.78, 5) is 29.4. The molecule has 0 saturated heterocycles. The monoisotopic (exact) mass is 246 g/mol. The number of hydrogen-bond donors (Lipinski definition) is 2. The number of pyridine rings is 1. The smallest absolute Gasteiger partial charge is 0.251 e. The van der Waals surface area contributed by atoms with Gasteiger partial charge in [0.15, 0.2) is 0 Å². The number of nitrogens with zero attached hydrogens (tertiary/aromatic N) is 2. The largest absolute Gasteiger partial charge is 0.352 e. The summed E-state index contributed by atoms with van der Waals surface area (Å²) in [6, 6.07) is 2.84. The summed E-state index contributed by atoms with van der Waals surface area (Å²) in [5.41, 5.74) is 0.0744. The van der Waals surface area contributed by atoms with Crippen LogP contribution in [0.4, 0.5) is 0 Å². The molecule has 2 rings (SSSR count). The van der Waals surface area contributed by atoms with Crippen LogP contribution in [-0.4, -0.2) is 27.0 Å². The highest BCUT2D eigenvalue weighted by atomic mass is 16.2. The third-order valence-corrected chi connectivity index (χ3v) is 2.59. The first-order chi connectivity index (χ1) is 8.66. The van der Waals surface area contributed by atoms with E-state index in [9.17, 15) is 9.59 Å². The Hall–Kier alpha value is -2.37. The average Bonchev–Trinajstić information content (AvgIpc) is 2.75. The molecule has 0 bridgehead atoms. The molecule has 0 radical (unpaired) electrons. The lowest BCUT2D eigenvalue weighted by molar-refractivity contribution is 0.0953. The van der Waals surface area contributed by atoms with Crippen LogP contribution in [0.1, 0.15) is 16.2 Å². The molecule has 0 aliphatic carbocycles. The summed E-state index contributed by atoms with van der Waals surface area (Å²) >= 11 is 0. The van der Waals surface area contributed by atoms with Crippen LogP contribution < -0.4 is 10.9 Å². The second-order valence-corrected chi connectivity index (χ2v) is 3.90. The fourth-order valence-corrected chi connectivity index (χ4v) is 1.61. The Bertz CT molecular complexity index is 600. The molecule has 18 heavy (non-hydrogen) atoms. The van der Waals surface area contributed by atoms with Gasteiger partial charge in [0, 0.05) is 50.2 Å². The Morgan fingerprint density at radius 3 is 3.06 bits per heavy atom. The molecule has 2 aromatic rings. The van der Waals surface area contributed by atoms with Gasteiger partial charge < -0.3 is 14.9 Å². The Balaban J connectivity index is 1.89. The topological polar surface area (TPSA) is 79.8 Å². The molecule has 0 aliphatic rings. The van der Waals surface area contributed by atoms with Crippen LogP contribution in [0.25, 0.3) is 0 Å². The maximum atomic E-state index is 11.7. The molecule has 0 aliphatic heterocycles. The van der Waals surface area contributed by atoms with Gasteiger partial charge in [0.25, 0.3) is 5.91 Å². The van der Waals surface area contributed by atoms with Crippen molar-refractivity contribution in [3.63, 3.8) is 0 Å². The molecular weight excluding hydrogens is 232 g/mol. The second-order valence-electron chi connectivity index (χ2n) is 3.90. The lowest BCUT2D eigenvalue weighted by atomic mass is 10.2. The maximum Gasteiger partial charge on any atom is 0.251 e. The quantitative estimate of drug-likeness (QED) is 0.801. The minimum atomic E-state index is -0.285. The van der Waals surface area contributed by atoms with Gasteiger partial charge in [0.1, 0.15) is 5.82 Å². The van der Waals surface area contributed by atoms with E-state index in [-0.39, 0.29) is 11.5 Å². The van der Waals surface area contributed by atoms with Crippen molar-refractivity contribution in [2.24, 2.45) is 7.05 Å². The number of amides is 1. The van der Waals surface area contributed by atoms with Crippen molar-refractivity contribution in [2.45, 2.75) is 6.42 Å². The first kappa shape index (κ1) is 12.1. The summed E-state index contributed by atoms with van der Waals surface area (Å²) in [6.45, 7) is 0.483. The molecule has 6 nitrogen and oxygen atoms in total. The van der Waals surface area contributed by atoms with Crippen LogP contribution >= 0.6 is 0 Å². The summed E-state index contributed by atoms with van der Waals surface area (Å²) < 4.78 is 1.90. The van der Waals surface area contributed by atoms with E-state index < -0.39 is 0 Å². The number of aryl methyl sites for hydroxylation is 1. The third kappa shape index (κ3) is 2.85. The molecule has 0 spiro atoms. The zero-order chi connectivity index (χ0) is 13.0. The fraction of sp³-hybridized carbons (Fsp3) is 0.250. The minimum Gasteiger partial charge on any atom is -0.352 e.